The van der Waals surface area contributed by atoms with Crippen LogP contribution < -0.4 is 26.2 Å². The molecule has 0 amide bonds. The summed E-state index contributed by atoms with van der Waals surface area (Å²) in [5.74, 6) is 3.03. The van der Waals surface area contributed by atoms with Gasteiger partial charge in [-0.05, 0) is 0 Å². The van der Waals surface area contributed by atoms with Gasteiger partial charge in [-0.1, -0.05) is 0 Å². The summed E-state index contributed by atoms with van der Waals surface area (Å²) in [5, 5.41) is 0. The topological polar surface area (TPSA) is 36.9 Å². The number of benzene rings is 2. The van der Waals surface area contributed by atoms with E-state index in [1.165, 1.54) is 7.22 Å². The Morgan fingerprint density at radius 1 is 0.571 bits per heavy atom. The molecular weight excluding hydrogens is 384 g/mol. The molecule has 4 nitrogen and oxygen atoms in total. The molecule has 0 atom stereocenters. The van der Waals surface area contributed by atoms with E-state index in [1.807, 2.05) is 24.3 Å². The van der Waals surface area contributed by atoms with Crippen molar-refractivity contribution in [1.82, 2.24) is 0 Å². The van der Waals surface area contributed by atoms with Crippen LogP contribution in [0.5, 0.6) is 23.0 Å². The normalized spacial score (nSPS) is 10.1. The minimum absolute atomic E-state index is 0.525. The summed E-state index contributed by atoms with van der Waals surface area (Å²) in [7, 11) is 6.59. The minimum atomic E-state index is -0.525. The Hall–Kier alpha value is -1.57. The molecule has 5 heteroatoms. The zero-order chi connectivity index (χ0) is 15.2. The van der Waals surface area contributed by atoms with Crippen LogP contribution in [0, 0.1) is 0 Å². The van der Waals surface area contributed by atoms with E-state index in [0.717, 1.165) is 23.0 Å². The SMILES string of the molecule is COc1ccc([Te]c2ccc(OC)c(OC)c2)cc1OC. The van der Waals surface area contributed by atoms with Crippen LogP contribution in [0.3, 0.4) is 0 Å². The molecule has 0 bridgehead atoms. The van der Waals surface area contributed by atoms with Crippen molar-refractivity contribution in [1.29, 1.82) is 0 Å². The number of methoxy groups -OCH3 is 4. The molecule has 0 radical (unpaired) electrons. The van der Waals surface area contributed by atoms with Crippen molar-refractivity contribution >= 4 is 28.1 Å². The zero-order valence-electron chi connectivity index (χ0n) is 12.5. The molecule has 2 aromatic rings. The molecule has 0 saturated heterocycles. The van der Waals surface area contributed by atoms with Gasteiger partial charge < -0.3 is 0 Å². The fourth-order valence-corrected chi connectivity index (χ4v) is 4.40. The van der Waals surface area contributed by atoms with Gasteiger partial charge in [0.15, 0.2) is 0 Å². The van der Waals surface area contributed by atoms with Crippen LogP contribution in [0.1, 0.15) is 0 Å². The summed E-state index contributed by atoms with van der Waals surface area (Å²) >= 11 is -0.525. The third kappa shape index (κ3) is 3.75. The monoisotopic (exact) mass is 404 g/mol. The van der Waals surface area contributed by atoms with E-state index in [9.17, 15) is 0 Å². The van der Waals surface area contributed by atoms with Gasteiger partial charge in [0.1, 0.15) is 0 Å². The fourth-order valence-electron chi connectivity index (χ4n) is 1.90. The van der Waals surface area contributed by atoms with E-state index >= 15 is 0 Å². The average Bonchev–Trinajstić information content (AvgIpc) is 2.54. The van der Waals surface area contributed by atoms with E-state index in [2.05, 4.69) is 12.1 Å². The summed E-state index contributed by atoms with van der Waals surface area (Å²) in [6.07, 6.45) is 0. The average molecular weight is 402 g/mol. The summed E-state index contributed by atoms with van der Waals surface area (Å²) in [6.45, 7) is 0. The molecule has 0 aliphatic carbocycles. The summed E-state index contributed by atoms with van der Waals surface area (Å²) < 4.78 is 23.8. The van der Waals surface area contributed by atoms with Gasteiger partial charge in [0.05, 0.1) is 0 Å². The van der Waals surface area contributed by atoms with Gasteiger partial charge in [-0.2, -0.15) is 0 Å². The fraction of sp³-hybridized carbons (Fsp3) is 0.250. The molecule has 2 rings (SSSR count). The summed E-state index contributed by atoms with van der Waals surface area (Å²) in [5.41, 5.74) is 0. The standard InChI is InChI=1S/C16H18O4Te/c1-17-13-7-5-11(9-15(13)19-3)21-12-6-8-14(18-2)16(10-12)20-4/h5-10H,1-4H3. The summed E-state index contributed by atoms with van der Waals surface area (Å²) in [6, 6.07) is 12.1. The maximum atomic E-state index is 5.35. The first-order valence-electron chi connectivity index (χ1n) is 6.33. The second-order valence-electron chi connectivity index (χ2n) is 4.14. The van der Waals surface area contributed by atoms with Crippen LogP contribution in [-0.4, -0.2) is 49.4 Å². The third-order valence-corrected chi connectivity index (χ3v) is 5.74. The van der Waals surface area contributed by atoms with E-state index in [0.29, 0.717) is 0 Å². The molecule has 0 fully saturated rings. The Morgan fingerprint density at radius 2 is 0.952 bits per heavy atom. The number of ether oxygens (including phenoxy) is 4. The third-order valence-electron chi connectivity index (χ3n) is 2.95. The van der Waals surface area contributed by atoms with Crippen LogP contribution in [0.2, 0.25) is 0 Å². The molecule has 0 aliphatic rings. The van der Waals surface area contributed by atoms with Gasteiger partial charge in [0.2, 0.25) is 0 Å². The van der Waals surface area contributed by atoms with E-state index in [4.69, 9.17) is 18.9 Å². The Morgan fingerprint density at radius 3 is 1.29 bits per heavy atom. The Labute approximate surface area is 135 Å². The predicted octanol–water partition coefficient (Wildman–Crippen LogP) is 1.38. The van der Waals surface area contributed by atoms with Gasteiger partial charge >= 0.3 is 135 Å². The van der Waals surface area contributed by atoms with E-state index in [-0.39, 0.29) is 0 Å². The van der Waals surface area contributed by atoms with Gasteiger partial charge in [-0.3, -0.25) is 0 Å². The van der Waals surface area contributed by atoms with Crippen molar-refractivity contribution in [3.05, 3.63) is 36.4 Å². The van der Waals surface area contributed by atoms with Crippen LogP contribution in [0.25, 0.3) is 0 Å². The Balaban J connectivity index is 2.25. The number of hydrogen-bond donors (Lipinski definition) is 0. The molecule has 0 saturated carbocycles. The Bertz CT molecular complexity index is 560. The van der Waals surface area contributed by atoms with E-state index in [1.54, 1.807) is 28.4 Å². The quantitative estimate of drug-likeness (QED) is 0.685. The number of rotatable bonds is 6. The van der Waals surface area contributed by atoms with Crippen molar-refractivity contribution in [3.63, 3.8) is 0 Å². The second kappa shape index (κ2) is 7.44. The molecule has 0 heterocycles. The summed E-state index contributed by atoms with van der Waals surface area (Å²) in [4.78, 5) is 0. The van der Waals surface area contributed by atoms with Crippen LogP contribution in [0.4, 0.5) is 0 Å². The van der Waals surface area contributed by atoms with Crippen molar-refractivity contribution in [3.8, 4) is 23.0 Å². The maximum absolute atomic E-state index is 5.35. The van der Waals surface area contributed by atoms with Gasteiger partial charge in [-0.15, -0.1) is 0 Å². The second-order valence-corrected chi connectivity index (χ2v) is 7.41. The van der Waals surface area contributed by atoms with Crippen molar-refractivity contribution in [2.24, 2.45) is 0 Å². The van der Waals surface area contributed by atoms with Crippen LogP contribution in [-0.2, 0) is 0 Å². The molecule has 21 heavy (non-hydrogen) atoms. The molecule has 0 aliphatic heterocycles. The predicted molar refractivity (Wildman–Crippen MR) is 84.1 cm³/mol. The molecule has 0 spiro atoms. The molecule has 112 valence electrons. The van der Waals surface area contributed by atoms with Gasteiger partial charge in [0, 0.05) is 0 Å². The van der Waals surface area contributed by atoms with Crippen LogP contribution in [0.15, 0.2) is 36.4 Å². The van der Waals surface area contributed by atoms with Gasteiger partial charge in [0.25, 0.3) is 0 Å². The first-order chi connectivity index (χ1) is 10.2. The van der Waals surface area contributed by atoms with Crippen molar-refractivity contribution in [2.75, 3.05) is 28.4 Å². The van der Waals surface area contributed by atoms with Crippen molar-refractivity contribution < 1.29 is 18.9 Å². The zero-order valence-corrected chi connectivity index (χ0v) is 14.8. The molecule has 2 aromatic carbocycles. The first kappa shape index (κ1) is 15.8. The van der Waals surface area contributed by atoms with E-state index < -0.39 is 20.9 Å². The van der Waals surface area contributed by atoms with Gasteiger partial charge in [-0.25, -0.2) is 0 Å². The van der Waals surface area contributed by atoms with Crippen LogP contribution >= 0.6 is 0 Å². The molecule has 0 unspecified atom stereocenters. The first-order valence-corrected chi connectivity index (χ1v) is 8.66. The number of hydrogen-bond acceptors (Lipinski definition) is 4. The molecule has 0 aromatic heterocycles. The van der Waals surface area contributed by atoms with Crippen molar-refractivity contribution in [2.45, 2.75) is 0 Å². The molecule has 0 N–H and O–H groups in total. The Kier molecular flexibility index (Phi) is 5.60. The molecular formula is C16H18O4Te.